The fourth-order valence-corrected chi connectivity index (χ4v) is 1.86. The zero-order valence-corrected chi connectivity index (χ0v) is 10.0. The summed E-state index contributed by atoms with van der Waals surface area (Å²) in [4.78, 5) is 16.0. The van der Waals surface area contributed by atoms with Crippen molar-refractivity contribution in [3.05, 3.63) is 24.9 Å². The Hall–Kier alpha value is -1.89. The molecule has 0 atom stereocenters. The first kappa shape index (κ1) is 11.6. The molecular weight excluding hydrogens is 238 g/mol. The van der Waals surface area contributed by atoms with Gasteiger partial charge in [-0.25, -0.2) is 15.0 Å². The fraction of sp³-hybridized carbons (Fsp3) is 0.200. The van der Waals surface area contributed by atoms with E-state index in [0.29, 0.717) is 23.2 Å². The van der Waals surface area contributed by atoms with Crippen LogP contribution in [0.2, 0.25) is 0 Å². The molecule has 0 saturated carbocycles. The minimum absolute atomic E-state index is 0.402. The second-order valence-electron chi connectivity index (χ2n) is 2.98. The molecule has 0 fully saturated rings. The van der Waals surface area contributed by atoms with Gasteiger partial charge in [0.1, 0.15) is 28.4 Å². The van der Waals surface area contributed by atoms with Crippen LogP contribution in [-0.4, -0.2) is 26.5 Å². The van der Waals surface area contributed by atoms with Crippen molar-refractivity contribution in [3.8, 4) is 5.88 Å². The van der Waals surface area contributed by atoms with Crippen LogP contribution in [0, 0.1) is 0 Å². The van der Waals surface area contributed by atoms with Crippen LogP contribution >= 0.6 is 11.8 Å². The molecule has 0 amide bonds. The molecule has 0 radical (unpaired) electrons. The lowest BCUT2D eigenvalue weighted by Gasteiger charge is -2.07. The average molecular weight is 249 g/mol. The Morgan fingerprint density at radius 1 is 1.29 bits per heavy atom. The molecule has 0 saturated heterocycles. The summed E-state index contributed by atoms with van der Waals surface area (Å²) in [5, 5.41) is 1.40. The van der Waals surface area contributed by atoms with E-state index >= 15 is 0 Å². The van der Waals surface area contributed by atoms with Gasteiger partial charge in [0.05, 0.1) is 6.61 Å². The molecule has 0 spiro atoms. The second-order valence-corrected chi connectivity index (χ2v) is 3.99. The molecule has 7 heteroatoms. The van der Waals surface area contributed by atoms with Crippen molar-refractivity contribution < 1.29 is 4.74 Å². The Labute approximate surface area is 103 Å². The monoisotopic (exact) mass is 249 g/mol. The van der Waals surface area contributed by atoms with Gasteiger partial charge in [-0.2, -0.15) is 4.98 Å². The van der Waals surface area contributed by atoms with Crippen molar-refractivity contribution in [1.82, 2.24) is 19.9 Å². The first-order valence-electron chi connectivity index (χ1n) is 4.98. The van der Waals surface area contributed by atoms with E-state index in [0.717, 1.165) is 5.03 Å². The summed E-state index contributed by atoms with van der Waals surface area (Å²) in [6.45, 7) is 2.39. The Balaban J connectivity index is 2.24. The van der Waals surface area contributed by atoms with Crippen LogP contribution in [0.5, 0.6) is 5.88 Å². The maximum atomic E-state index is 5.90. The fourth-order valence-electron chi connectivity index (χ4n) is 1.14. The highest BCUT2D eigenvalue weighted by atomic mass is 32.2. The molecule has 0 unspecified atom stereocenters. The summed E-state index contributed by atoms with van der Waals surface area (Å²) in [6.07, 6.45) is 4.56. The third-order valence-electron chi connectivity index (χ3n) is 1.85. The lowest BCUT2D eigenvalue weighted by Crippen LogP contribution is -2.02. The number of rotatable bonds is 4. The molecule has 2 heterocycles. The maximum Gasteiger partial charge on any atom is 0.241 e. The summed E-state index contributed by atoms with van der Waals surface area (Å²) >= 11 is 1.35. The van der Waals surface area contributed by atoms with Crippen LogP contribution in [0.3, 0.4) is 0 Å². The second kappa shape index (κ2) is 5.44. The summed E-state index contributed by atoms with van der Waals surface area (Å²) in [5.41, 5.74) is 6.33. The van der Waals surface area contributed by atoms with Gasteiger partial charge in [-0.15, -0.1) is 0 Å². The van der Waals surface area contributed by atoms with Crippen LogP contribution in [0.15, 0.2) is 35.0 Å². The normalized spacial score (nSPS) is 10.2. The predicted molar refractivity (Wildman–Crippen MR) is 63.8 cm³/mol. The van der Waals surface area contributed by atoms with E-state index in [9.17, 15) is 0 Å². The molecule has 0 aliphatic carbocycles. The predicted octanol–water partition coefficient (Wildman–Crippen LogP) is 1.40. The highest BCUT2D eigenvalue weighted by Gasteiger charge is 2.10. The van der Waals surface area contributed by atoms with Gasteiger partial charge in [-0.3, -0.25) is 0 Å². The number of hydrogen-bond donors (Lipinski definition) is 1. The Bertz CT molecular complexity index is 493. The SMILES string of the molecule is CCOc1ncnc(Sc2ccncn2)c1N. The first-order chi connectivity index (χ1) is 8.31. The van der Waals surface area contributed by atoms with E-state index in [4.69, 9.17) is 10.5 Å². The third kappa shape index (κ3) is 2.82. The number of nitrogens with zero attached hydrogens (tertiary/aromatic N) is 4. The largest absolute Gasteiger partial charge is 0.476 e. The molecular formula is C10H11N5OS. The van der Waals surface area contributed by atoms with Crippen LogP contribution in [-0.2, 0) is 0 Å². The van der Waals surface area contributed by atoms with E-state index in [2.05, 4.69) is 19.9 Å². The number of nitrogen functional groups attached to an aromatic ring is 1. The van der Waals surface area contributed by atoms with Crippen LogP contribution in [0.25, 0.3) is 0 Å². The third-order valence-corrected chi connectivity index (χ3v) is 2.82. The number of nitrogens with two attached hydrogens (primary N) is 1. The quantitative estimate of drug-likeness (QED) is 0.819. The maximum absolute atomic E-state index is 5.90. The van der Waals surface area contributed by atoms with Crippen molar-refractivity contribution in [2.24, 2.45) is 0 Å². The zero-order chi connectivity index (χ0) is 12.1. The van der Waals surface area contributed by atoms with Gasteiger partial charge in [0, 0.05) is 6.20 Å². The minimum Gasteiger partial charge on any atom is -0.476 e. The highest BCUT2D eigenvalue weighted by Crippen LogP contribution is 2.32. The van der Waals surface area contributed by atoms with E-state index < -0.39 is 0 Å². The van der Waals surface area contributed by atoms with Crippen molar-refractivity contribution in [2.75, 3.05) is 12.3 Å². The van der Waals surface area contributed by atoms with Crippen molar-refractivity contribution >= 4 is 17.4 Å². The van der Waals surface area contributed by atoms with Crippen molar-refractivity contribution in [3.63, 3.8) is 0 Å². The summed E-state index contributed by atoms with van der Waals surface area (Å²) in [6, 6.07) is 1.78. The standard InChI is InChI=1S/C10H11N5OS/c1-2-16-9-8(11)10(15-6-14-9)17-7-3-4-12-5-13-7/h3-6H,2,11H2,1H3. The molecule has 2 aromatic heterocycles. The van der Waals surface area contributed by atoms with Crippen LogP contribution < -0.4 is 10.5 Å². The summed E-state index contributed by atoms with van der Waals surface area (Å²) < 4.78 is 5.29. The molecule has 0 aromatic carbocycles. The highest BCUT2D eigenvalue weighted by molar-refractivity contribution is 7.99. The Kier molecular flexibility index (Phi) is 3.71. The first-order valence-corrected chi connectivity index (χ1v) is 5.80. The van der Waals surface area contributed by atoms with Gasteiger partial charge in [0.15, 0.2) is 0 Å². The van der Waals surface area contributed by atoms with E-state index in [1.807, 2.05) is 6.92 Å². The van der Waals surface area contributed by atoms with E-state index in [1.165, 1.54) is 24.4 Å². The lowest BCUT2D eigenvalue weighted by atomic mass is 10.5. The molecule has 0 aliphatic rings. The average Bonchev–Trinajstić information content (AvgIpc) is 2.36. The molecule has 2 aromatic rings. The van der Waals surface area contributed by atoms with Gasteiger partial charge in [0.2, 0.25) is 5.88 Å². The van der Waals surface area contributed by atoms with Crippen LogP contribution in [0.4, 0.5) is 5.69 Å². The van der Waals surface area contributed by atoms with Crippen molar-refractivity contribution in [2.45, 2.75) is 17.0 Å². The lowest BCUT2D eigenvalue weighted by molar-refractivity contribution is 0.327. The van der Waals surface area contributed by atoms with Crippen molar-refractivity contribution in [1.29, 1.82) is 0 Å². The molecule has 88 valence electrons. The molecule has 6 nitrogen and oxygen atoms in total. The summed E-state index contributed by atoms with van der Waals surface area (Å²) in [7, 11) is 0. The van der Waals surface area contributed by atoms with Gasteiger partial charge in [-0.05, 0) is 24.8 Å². The number of anilines is 1. The molecule has 2 rings (SSSR count). The Morgan fingerprint density at radius 3 is 2.88 bits per heavy atom. The number of hydrogen-bond acceptors (Lipinski definition) is 7. The number of ether oxygens (including phenoxy) is 1. The minimum atomic E-state index is 0.402. The topological polar surface area (TPSA) is 86.8 Å². The van der Waals surface area contributed by atoms with Gasteiger partial charge < -0.3 is 10.5 Å². The van der Waals surface area contributed by atoms with Gasteiger partial charge in [-0.1, -0.05) is 0 Å². The summed E-state index contributed by atoms with van der Waals surface area (Å²) in [5.74, 6) is 0.402. The molecule has 0 aliphatic heterocycles. The molecule has 17 heavy (non-hydrogen) atoms. The Morgan fingerprint density at radius 2 is 2.18 bits per heavy atom. The number of aromatic nitrogens is 4. The van der Waals surface area contributed by atoms with Crippen LogP contribution in [0.1, 0.15) is 6.92 Å². The van der Waals surface area contributed by atoms with Gasteiger partial charge in [0.25, 0.3) is 0 Å². The van der Waals surface area contributed by atoms with E-state index in [1.54, 1.807) is 12.3 Å². The molecule has 0 bridgehead atoms. The smallest absolute Gasteiger partial charge is 0.241 e. The van der Waals surface area contributed by atoms with E-state index in [-0.39, 0.29) is 0 Å². The molecule has 2 N–H and O–H groups in total. The zero-order valence-electron chi connectivity index (χ0n) is 9.20. The van der Waals surface area contributed by atoms with Gasteiger partial charge >= 0.3 is 0 Å².